The molecule has 0 fully saturated rings. The van der Waals surface area contributed by atoms with E-state index < -0.39 is 67.7 Å². The SMILES string of the molecule is CCS(=O)(=O)c1c(F)cc(C(C)(C)C)c(C)c1C.CCS(=O)(=O)c1c(F)cc(C(C)(C)C)c(C)c1C.Cc1c(C(C)(C)C)cc(F)c(S(C)(=O)=O)c1C.Cc1c(C(C)(C)C)cc(F)c(S(N)(=O)=O)c1C.[H-].[H-].[Li+].[Li-]. The molecule has 0 aliphatic heterocycles. The van der Waals surface area contributed by atoms with Gasteiger partial charge in [-0.15, -0.1) is 0 Å². The van der Waals surface area contributed by atoms with Crippen molar-refractivity contribution in [1.82, 2.24) is 0 Å². The summed E-state index contributed by atoms with van der Waals surface area (Å²) < 4.78 is 149. The molecule has 0 aliphatic carbocycles. The molecule has 0 aliphatic rings. The van der Waals surface area contributed by atoms with E-state index >= 15 is 0 Å². The van der Waals surface area contributed by atoms with Gasteiger partial charge in [0.15, 0.2) is 29.5 Å². The van der Waals surface area contributed by atoms with E-state index in [1.165, 1.54) is 38.1 Å². The Morgan fingerprint density at radius 3 is 0.764 bits per heavy atom. The van der Waals surface area contributed by atoms with Gasteiger partial charge in [-0.1, -0.05) is 96.9 Å². The topological polar surface area (TPSA) is 163 Å². The van der Waals surface area contributed by atoms with Gasteiger partial charge < -0.3 is 21.7 Å². The summed E-state index contributed by atoms with van der Waals surface area (Å²) in [5, 5.41) is 5.02. The van der Waals surface area contributed by atoms with Crippen LogP contribution in [0.2, 0.25) is 0 Å². The number of sulfone groups is 3. The third-order valence-corrected chi connectivity index (χ3v) is 18.5. The summed E-state index contributed by atoms with van der Waals surface area (Å²) in [4.78, 5) is -0.864. The van der Waals surface area contributed by atoms with Gasteiger partial charge in [-0.3, -0.25) is 0 Å². The molecule has 0 spiro atoms. The molecular formula is C53H81F4Li2NO8S4-2. The van der Waals surface area contributed by atoms with Crippen LogP contribution in [0.25, 0.3) is 0 Å². The number of halogens is 4. The number of hydrogen-bond donors (Lipinski definition) is 1. The van der Waals surface area contributed by atoms with Crippen molar-refractivity contribution in [3.8, 4) is 0 Å². The molecule has 2 radical (unpaired) electrons. The van der Waals surface area contributed by atoms with Crippen LogP contribution in [0.4, 0.5) is 17.6 Å². The van der Waals surface area contributed by atoms with Gasteiger partial charge in [0.05, 0.1) is 11.5 Å². The normalized spacial score (nSPS) is 12.5. The van der Waals surface area contributed by atoms with Crippen molar-refractivity contribution in [1.29, 1.82) is 0 Å². The van der Waals surface area contributed by atoms with Gasteiger partial charge in [0.1, 0.15) is 42.9 Å². The maximum absolute atomic E-state index is 14.1. The van der Waals surface area contributed by atoms with Crippen LogP contribution in [0, 0.1) is 78.7 Å². The number of hydrogen-bond acceptors (Lipinski definition) is 8. The molecule has 402 valence electrons. The standard InChI is InChI=1S/2C14H21FO2S.C13H19FO2S.C12H18FNO2S.2Li.2H/c2*1-7-18(16,17)13-10(3)9(2)11(8-12(13)15)14(4,5)6;1-8-9(2)12(17(6,15)16)11(14)7-10(8)13(3,4)5;1-7-8(2)11(17(14,15)16)10(13)6-9(7)12(3,4)5;;;;/h2*8H,7H2,1-6H3;7H,1-6H3;6H,1-5H3,(H2,14,15,16);;;;/q;;;;-1;+1;2*-1. The molecule has 72 heavy (non-hydrogen) atoms. The summed E-state index contributed by atoms with van der Waals surface area (Å²) in [6.07, 6.45) is 1.04. The van der Waals surface area contributed by atoms with Crippen LogP contribution < -0.4 is 24.0 Å². The smallest absolute Gasteiger partial charge is 1.00 e. The van der Waals surface area contributed by atoms with E-state index in [2.05, 4.69) is 0 Å². The van der Waals surface area contributed by atoms with Gasteiger partial charge in [-0.2, -0.15) is 0 Å². The molecule has 19 heteroatoms. The molecular weight excluding hydrogens is 997 g/mol. The Morgan fingerprint density at radius 1 is 0.403 bits per heavy atom. The van der Waals surface area contributed by atoms with Crippen LogP contribution in [-0.4, -0.2) is 70.3 Å². The number of rotatable bonds is 6. The average Bonchev–Trinajstić information content (AvgIpc) is 3.15. The molecule has 0 saturated heterocycles. The Balaban J connectivity index is -0.000000434. The van der Waals surface area contributed by atoms with Gasteiger partial charge in [0.25, 0.3) is 0 Å². The second-order valence-electron chi connectivity index (χ2n) is 22.1. The fraction of sp³-hybridized carbons (Fsp3) is 0.547. The third kappa shape index (κ3) is 17.3. The first kappa shape index (κ1) is 71.6. The van der Waals surface area contributed by atoms with E-state index in [0.29, 0.717) is 22.3 Å². The Bertz CT molecular complexity index is 2900. The molecule has 9 nitrogen and oxygen atoms in total. The summed E-state index contributed by atoms with van der Waals surface area (Å²) >= 11 is 0. The first-order valence-electron chi connectivity index (χ1n) is 22.9. The third-order valence-electron chi connectivity index (χ3n) is 12.4. The molecule has 4 aromatic rings. The Kier molecular flexibility index (Phi) is 25.0. The largest absolute Gasteiger partial charge is 1.00 e. The van der Waals surface area contributed by atoms with Gasteiger partial charge in [-0.05, 0) is 168 Å². The van der Waals surface area contributed by atoms with Crippen molar-refractivity contribution in [2.75, 3.05) is 17.8 Å². The monoisotopic (exact) mass is 1080 g/mol. The summed E-state index contributed by atoms with van der Waals surface area (Å²) in [6, 6.07) is 5.34. The van der Waals surface area contributed by atoms with Crippen molar-refractivity contribution in [2.45, 2.75) is 194 Å². The van der Waals surface area contributed by atoms with Gasteiger partial charge in [-0.25, -0.2) is 56.4 Å². The zero-order chi connectivity index (χ0) is 55.8. The summed E-state index contributed by atoms with van der Waals surface area (Å²) in [5.41, 5.74) is 7.78. The van der Waals surface area contributed by atoms with Gasteiger partial charge in [0.2, 0.25) is 10.0 Å². The van der Waals surface area contributed by atoms with E-state index in [4.69, 9.17) is 5.14 Å². The molecule has 2 N–H and O–H groups in total. The number of benzene rings is 4. The Labute approximate surface area is 458 Å². The number of primary sulfonamides is 1. The van der Waals surface area contributed by atoms with Crippen LogP contribution in [-0.2, 0) is 61.2 Å². The second-order valence-corrected chi connectivity index (χ2v) is 29.9. The summed E-state index contributed by atoms with van der Waals surface area (Å²) in [7, 11) is -14.6. The van der Waals surface area contributed by atoms with Crippen LogP contribution in [0.3, 0.4) is 0 Å². The van der Waals surface area contributed by atoms with E-state index in [0.717, 1.165) is 50.8 Å². The van der Waals surface area contributed by atoms with Crippen molar-refractivity contribution >= 4 is 58.4 Å². The molecule has 4 rings (SSSR count). The Hall–Kier alpha value is -2.45. The first-order valence-corrected chi connectivity index (χ1v) is 29.6. The minimum atomic E-state index is -4.02. The fourth-order valence-corrected chi connectivity index (χ4v) is 12.9. The minimum absolute atomic E-state index is 0. The molecule has 0 saturated carbocycles. The molecule has 0 amide bonds. The van der Waals surface area contributed by atoms with Gasteiger partial charge in [0, 0.05) is 6.26 Å². The number of nitrogens with two attached hydrogens (primary N) is 1. The maximum Gasteiger partial charge on any atom is 1.00 e. The molecule has 0 heterocycles. The molecule has 4 aromatic carbocycles. The van der Waals surface area contributed by atoms with Crippen molar-refractivity contribution < 1.29 is 72.9 Å². The fourth-order valence-electron chi connectivity index (χ4n) is 8.38. The predicted octanol–water partition coefficient (Wildman–Crippen LogP) is 9.45. The summed E-state index contributed by atoms with van der Waals surface area (Å²) in [6.45, 7) is 40.7. The average molecular weight is 1080 g/mol. The quantitative estimate of drug-likeness (QED) is 0.148. The van der Waals surface area contributed by atoms with E-state index in [-0.39, 0.29) is 88.4 Å². The number of sulfonamides is 1. The van der Waals surface area contributed by atoms with Crippen LogP contribution in [0.5, 0.6) is 0 Å². The zero-order valence-corrected chi connectivity index (χ0v) is 51.0. The van der Waals surface area contributed by atoms with Crippen molar-refractivity contribution in [2.24, 2.45) is 5.14 Å². The first-order chi connectivity index (χ1) is 31.0. The minimum Gasteiger partial charge on any atom is -1.00 e. The second kappa shape index (κ2) is 25.1. The van der Waals surface area contributed by atoms with Crippen molar-refractivity contribution in [3.05, 3.63) is 114 Å². The summed E-state index contributed by atoms with van der Waals surface area (Å²) in [5.74, 6) is -2.87. The maximum atomic E-state index is 14.1. The van der Waals surface area contributed by atoms with E-state index in [1.54, 1.807) is 34.6 Å². The van der Waals surface area contributed by atoms with Gasteiger partial charge >= 0.3 is 18.9 Å². The Morgan fingerprint density at radius 2 is 0.583 bits per heavy atom. The van der Waals surface area contributed by atoms with Crippen LogP contribution in [0.1, 0.15) is 167 Å². The molecule has 0 atom stereocenters. The molecule has 0 aromatic heterocycles. The van der Waals surface area contributed by atoms with Crippen LogP contribution in [0.15, 0.2) is 43.8 Å². The van der Waals surface area contributed by atoms with Crippen LogP contribution >= 0.6 is 0 Å². The van der Waals surface area contributed by atoms with E-state index in [9.17, 15) is 51.2 Å². The predicted molar refractivity (Wildman–Crippen MR) is 286 cm³/mol. The van der Waals surface area contributed by atoms with E-state index in [1.807, 2.05) is 104 Å². The molecule has 0 unspecified atom stereocenters. The molecule has 0 bridgehead atoms. The van der Waals surface area contributed by atoms with Crippen molar-refractivity contribution in [3.63, 3.8) is 0 Å². The zero-order valence-electron chi connectivity index (χ0n) is 49.7.